The third-order valence-electron chi connectivity index (χ3n) is 2.72. The molecule has 0 aliphatic carbocycles. The predicted molar refractivity (Wildman–Crippen MR) is 81.8 cm³/mol. The number of hydrogen-bond acceptors (Lipinski definition) is 3. The second-order valence-electron chi connectivity index (χ2n) is 4.03. The SMILES string of the molecule is COc1cc(C=O)cc(I)c1OCc1ccccc1F. The highest BCUT2D eigenvalue weighted by Crippen LogP contribution is 2.34. The van der Waals surface area contributed by atoms with E-state index < -0.39 is 0 Å². The number of halogens is 2. The van der Waals surface area contributed by atoms with Crippen molar-refractivity contribution in [3.63, 3.8) is 0 Å². The van der Waals surface area contributed by atoms with Crippen molar-refractivity contribution in [2.75, 3.05) is 7.11 Å². The molecule has 0 aromatic heterocycles. The van der Waals surface area contributed by atoms with Crippen LogP contribution in [0.3, 0.4) is 0 Å². The van der Waals surface area contributed by atoms with E-state index in [1.54, 1.807) is 30.3 Å². The van der Waals surface area contributed by atoms with Gasteiger partial charge in [-0.15, -0.1) is 0 Å². The van der Waals surface area contributed by atoms with Gasteiger partial charge in [0.25, 0.3) is 0 Å². The van der Waals surface area contributed by atoms with Crippen molar-refractivity contribution in [1.29, 1.82) is 0 Å². The summed E-state index contributed by atoms with van der Waals surface area (Å²) in [5.41, 5.74) is 0.967. The van der Waals surface area contributed by atoms with E-state index in [2.05, 4.69) is 22.6 Å². The third-order valence-corrected chi connectivity index (χ3v) is 3.52. The fourth-order valence-electron chi connectivity index (χ4n) is 1.71. The van der Waals surface area contributed by atoms with E-state index in [0.717, 1.165) is 9.86 Å². The van der Waals surface area contributed by atoms with E-state index in [0.29, 0.717) is 22.6 Å². The Morgan fingerprint density at radius 2 is 2.05 bits per heavy atom. The Hall–Kier alpha value is -1.63. The van der Waals surface area contributed by atoms with Crippen LogP contribution < -0.4 is 9.47 Å². The first kappa shape index (κ1) is 14.8. The Balaban J connectivity index is 2.25. The van der Waals surface area contributed by atoms with E-state index in [4.69, 9.17) is 9.47 Å². The molecule has 0 heterocycles. The van der Waals surface area contributed by atoms with Crippen molar-refractivity contribution in [3.05, 3.63) is 56.9 Å². The zero-order valence-corrected chi connectivity index (χ0v) is 12.9. The number of aldehydes is 1. The van der Waals surface area contributed by atoms with E-state index in [9.17, 15) is 9.18 Å². The summed E-state index contributed by atoms with van der Waals surface area (Å²) in [5, 5.41) is 0. The predicted octanol–water partition coefficient (Wildman–Crippen LogP) is 3.83. The number of rotatable bonds is 5. The third kappa shape index (κ3) is 3.27. The smallest absolute Gasteiger partial charge is 0.175 e. The molecule has 0 saturated heterocycles. The lowest BCUT2D eigenvalue weighted by atomic mass is 10.2. The Bertz CT molecular complexity index is 629. The lowest BCUT2D eigenvalue weighted by Gasteiger charge is -2.13. The molecule has 0 amide bonds. The monoisotopic (exact) mass is 386 g/mol. The first-order valence-electron chi connectivity index (χ1n) is 5.84. The average Bonchev–Trinajstić information content (AvgIpc) is 2.46. The Morgan fingerprint density at radius 1 is 1.30 bits per heavy atom. The highest BCUT2D eigenvalue weighted by molar-refractivity contribution is 14.1. The van der Waals surface area contributed by atoms with Gasteiger partial charge in [-0.05, 0) is 40.8 Å². The molecule has 104 valence electrons. The molecule has 2 aromatic rings. The van der Waals surface area contributed by atoms with Crippen molar-refractivity contribution in [2.45, 2.75) is 6.61 Å². The summed E-state index contributed by atoms with van der Waals surface area (Å²) in [6.07, 6.45) is 0.741. The number of benzene rings is 2. The average molecular weight is 386 g/mol. The molecule has 0 aliphatic rings. The number of methoxy groups -OCH3 is 1. The minimum absolute atomic E-state index is 0.0967. The maximum atomic E-state index is 13.5. The van der Waals surface area contributed by atoms with Crippen LogP contribution in [0.1, 0.15) is 15.9 Å². The zero-order chi connectivity index (χ0) is 14.5. The molecular weight excluding hydrogens is 374 g/mol. The van der Waals surface area contributed by atoms with Crippen LogP contribution >= 0.6 is 22.6 Å². The van der Waals surface area contributed by atoms with Gasteiger partial charge in [0.05, 0.1) is 10.7 Å². The molecule has 5 heteroatoms. The van der Waals surface area contributed by atoms with Crippen LogP contribution in [0.2, 0.25) is 0 Å². The minimum atomic E-state index is -0.314. The van der Waals surface area contributed by atoms with Crippen LogP contribution in [0.25, 0.3) is 0 Å². The largest absolute Gasteiger partial charge is 0.493 e. The summed E-state index contributed by atoms with van der Waals surface area (Å²) >= 11 is 2.05. The Morgan fingerprint density at radius 3 is 2.70 bits per heavy atom. The number of hydrogen-bond donors (Lipinski definition) is 0. The lowest BCUT2D eigenvalue weighted by Crippen LogP contribution is -2.02. The van der Waals surface area contributed by atoms with Crippen LogP contribution in [0.4, 0.5) is 4.39 Å². The van der Waals surface area contributed by atoms with Gasteiger partial charge in [-0.3, -0.25) is 4.79 Å². The molecule has 0 aliphatic heterocycles. The normalized spacial score (nSPS) is 10.2. The standard InChI is InChI=1S/C15H12FIO3/c1-19-14-7-10(8-18)6-13(17)15(14)20-9-11-4-2-3-5-12(11)16/h2-8H,9H2,1H3. The van der Waals surface area contributed by atoms with Crippen molar-refractivity contribution >= 4 is 28.9 Å². The quantitative estimate of drug-likeness (QED) is 0.579. The maximum absolute atomic E-state index is 13.5. The minimum Gasteiger partial charge on any atom is -0.493 e. The van der Waals surface area contributed by atoms with E-state index in [1.807, 2.05) is 0 Å². The Kier molecular flexibility index (Phi) is 4.94. The molecule has 20 heavy (non-hydrogen) atoms. The fourth-order valence-corrected chi connectivity index (χ4v) is 2.49. The highest BCUT2D eigenvalue weighted by atomic mass is 127. The molecule has 0 radical (unpaired) electrons. The van der Waals surface area contributed by atoms with Gasteiger partial charge in [-0.1, -0.05) is 18.2 Å². The van der Waals surface area contributed by atoms with Crippen molar-refractivity contribution in [2.24, 2.45) is 0 Å². The summed E-state index contributed by atoms with van der Waals surface area (Å²) in [6, 6.07) is 9.70. The summed E-state index contributed by atoms with van der Waals surface area (Å²) in [4.78, 5) is 10.8. The van der Waals surface area contributed by atoms with Gasteiger partial charge in [-0.2, -0.15) is 0 Å². The van der Waals surface area contributed by atoms with E-state index in [-0.39, 0.29) is 12.4 Å². The molecule has 2 aromatic carbocycles. The lowest BCUT2D eigenvalue weighted by molar-refractivity contribution is 0.112. The molecule has 0 saturated carbocycles. The zero-order valence-electron chi connectivity index (χ0n) is 10.7. The molecule has 0 bridgehead atoms. The molecule has 0 N–H and O–H groups in total. The van der Waals surface area contributed by atoms with Gasteiger partial charge in [0.2, 0.25) is 0 Å². The van der Waals surface area contributed by atoms with Crippen LogP contribution in [-0.2, 0) is 6.61 Å². The van der Waals surface area contributed by atoms with E-state index in [1.165, 1.54) is 13.2 Å². The van der Waals surface area contributed by atoms with Gasteiger partial charge >= 0.3 is 0 Å². The van der Waals surface area contributed by atoms with Gasteiger partial charge in [0.1, 0.15) is 18.7 Å². The van der Waals surface area contributed by atoms with Crippen LogP contribution in [0.15, 0.2) is 36.4 Å². The molecular formula is C15H12FIO3. The number of ether oxygens (including phenoxy) is 2. The first-order chi connectivity index (χ1) is 9.65. The molecule has 0 spiro atoms. The van der Waals surface area contributed by atoms with Crippen molar-refractivity contribution in [3.8, 4) is 11.5 Å². The second kappa shape index (κ2) is 6.69. The summed E-state index contributed by atoms with van der Waals surface area (Å²) in [5.74, 6) is 0.642. The molecule has 0 atom stereocenters. The topological polar surface area (TPSA) is 35.5 Å². The number of carbonyl (C=O) groups excluding carboxylic acids is 1. The van der Waals surface area contributed by atoms with Gasteiger partial charge in [0.15, 0.2) is 11.5 Å². The molecule has 2 rings (SSSR count). The molecule has 0 unspecified atom stereocenters. The van der Waals surface area contributed by atoms with Crippen LogP contribution in [0.5, 0.6) is 11.5 Å². The Labute approximate surface area is 129 Å². The van der Waals surface area contributed by atoms with E-state index >= 15 is 0 Å². The van der Waals surface area contributed by atoms with Gasteiger partial charge in [0, 0.05) is 11.1 Å². The molecule has 0 fully saturated rings. The van der Waals surface area contributed by atoms with Crippen molar-refractivity contribution in [1.82, 2.24) is 0 Å². The van der Waals surface area contributed by atoms with Crippen molar-refractivity contribution < 1.29 is 18.7 Å². The summed E-state index contributed by atoms with van der Waals surface area (Å²) in [6.45, 7) is 0.0967. The van der Waals surface area contributed by atoms with Crippen LogP contribution in [0, 0.1) is 9.39 Å². The van der Waals surface area contributed by atoms with Crippen LogP contribution in [-0.4, -0.2) is 13.4 Å². The fraction of sp³-hybridized carbons (Fsp3) is 0.133. The highest BCUT2D eigenvalue weighted by Gasteiger charge is 2.12. The molecule has 3 nitrogen and oxygen atoms in total. The maximum Gasteiger partial charge on any atom is 0.175 e. The second-order valence-corrected chi connectivity index (χ2v) is 5.19. The first-order valence-corrected chi connectivity index (χ1v) is 6.92. The van der Waals surface area contributed by atoms with Gasteiger partial charge in [-0.25, -0.2) is 4.39 Å². The number of carbonyl (C=O) groups is 1. The van der Waals surface area contributed by atoms with Gasteiger partial charge < -0.3 is 9.47 Å². The summed E-state index contributed by atoms with van der Waals surface area (Å²) in [7, 11) is 1.50. The summed E-state index contributed by atoms with van der Waals surface area (Å²) < 4.78 is 25.1.